The maximum Gasteiger partial charge on any atom is 0.416 e. The van der Waals surface area contributed by atoms with E-state index in [-0.39, 0.29) is 5.91 Å². The number of nitrogens with zero attached hydrogens (tertiary/aromatic N) is 2. The molecular formula is C26H27F3N2O2S. The van der Waals surface area contributed by atoms with Gasteiger partial charge in [0, 0.05) is 38.3 Å². The first-order valence-electron chi connectivity index (χ1n) is 11.1. The lowest BCUT2D eigenvalue weighted by molar-refractivity contribution is -0.137. The quantitative estimate of drug-likeness (QED) is 0.432. The second-order valence-electron chi connectivity index (χ2n) is 8.60. The van der Waals surface area contributed by atoms with E-state index in [1.807, 2.05) is 48.4 Å². The van der Waals surface area contributed by atoms with E-state index < -0.39 is 11.7 Å². The van der Waals surface area contributed by atoms with Crippen molar-refractivity contribution in [1.29, 1.82) is 0 Å². The zero-order chi connectivity index (χ0) is 24.3. The number of ether oxygens (including phenoxy) is 1. The van der Waals surface area contributed by atoms with E-state index in [4.69, 9.17) is 4.74 Å². The smallest absolute Gasteiger partial charge is 0.416 e. The summed E-state index contributed by atoms with van der Waals surface area (Å²) in [7, 11) is 0. The van der Waals surface area contributed by atoms with Crippen LogP contribution >= 0.6 is 11.3 Å². The number of thiophene rings is 1. The first-order chi connectivity index (χ1) is 16.2. The largest absolute Gasteiger partial charge is 0.488 e. The molecule has 4 rings (SSSR count). The Kier molecular flexibility index (Phi) is 7.28. The van der Waals surface area contributed by atoms with Crippen molar-refractivity contribution in [2.75, 3.05) is 26.2 Å². The molecule has 1 amide bonds. The Morgan fingerprint density at radius 1 is 0.971 bits per heavy atom. The molecule has 1 aliphatic heterocycles. The first kappa shape index (κ1) is 24.3. The molecule has 180 valence electrons. The minimum absolute atomic E-state index is 0.0120. The predicted octanol–water partition coefficient (Wildman–Crippen LogP) is 5.92. The number of amides is 1. The molecule has 0 saturated carbocycles. The maximum atomic E-state index is 13.0. The molecule has 1 fully saturated rings. The molecule has 2 heterocycles. The molecule has 0 radical (unpaired) electrons. The van der Waals surface area contributed by atoms with E-state index in [0.717, 1.165) is 28.5 Å². The van der Waals surface area contributed by atoms with Gasteiger partial charge in [-0.2, -0.15) is 13.2 Å². The summed E-state index contributed by atoms with van der Waals surface area (Å²) >= 11 is 1.41. The molecule has 0 N–H and O–H groups in total. The van der Waals surface area contributed by atoms with Gasteiger partial charge < -0.3 is 9.64 Å². The average Bonchev–Trinajstić information content (AvgIpc) is 3.27. The summed E-state index contributed by atoms with van der Waals surface area (Å²) < 4.78 is 44.9. The van der Waals surface area contributed by atoms with Gasteiger partial charge in [0.2, 0.25) is 0 Å². The number of hydrogen-bond donors (Lipinski definition) is 0. The SMILES string of the molecule is Cc1cccc(C)c1OCc1csc(C(=O)N2CCN(Cc3cccc(C(F)(F)F)c3)CC2)c1. The van der Waals surface area contributed by atoms with Gasteiger partial charge in [0.05, 0.1) is 10.4 Å². The summed E-state index contributed by atoms with van der Waals surface area (Å²) in [4.78, 5) is 17.5. The number of piperazine rings is 1. The number of carbonyl (C=O) groups excluding carboxylic acids is 1. The molecule has 0 aliphatic carbocycles. The molecule has 0 spiro atoms. The highest BCUT2D eigenvalue weighted by molar-refractivity contribution is 7.12. The van der Waals surface area contributed by atoms with Gasteiger partial charge in [0.1, 0.15) is 12.4 Å². The van der Waals surface area contributed by atoms with Crippen LogP contribution in [0.4, 0.5) is 13.2 Å². The predicted molar refractivity (Wildman–Crippen MR) is 127 cm³/mol. The molecular weight excluding hydrogens is 461 g/mol. The van der Waals surface area contributed by atoms with Crippen molar-refractivity contribution in [1.82, 2.24) is 9.80 Å². The van der Waals surface area contributed by atoms with Crippen LogP contribution in [-0.4, -0.2) is 41.9 Å². The third-order valence-electron chi connectivity index (χ3n) is 5.98. The monoisotopic (exact) mass is 488 g/mol. The number of para-hydroxylation sites is 1. The van der Waals surface area contributed by atoms with Gasteiger partial charge in [-0.05, 0) is 48.1 Å². The van der Waals surface area contributed by atoms with Crippen LogP contribution in [0.5, 0.6) is 5.75 Å². The van der Waals surface area contributed by atoms with E-state index in [9.17, 15) is 18.0 Å². The zero-order valence-corrected chi connectivity index (χ0v) is 20.0. The van der Waals surface area contributed by atoms with Gasteiger partial charge in [-0.1, -0.05) is 36.4 Å². The van der Waals surface area contributed by atoms with Gasteiger partial charge in [0.25, 0.3) is 5.91 Å². The van der Waals surface area contributed by atoms with Crippen molar-refractivity contribution < 1.29 is 22.7 Å². The van der Waals surface area contributed by atoms with Crippen LogP contribution in [0.1, 0.15) is 37.5 Å². The van der Waals surface area contributed by atoms with Crippen LogP contribution in [0.2, 0.25) is 0 Å². The zero-order valence-electron chi connectivity index (χ0n) is 19.2. The lowest BCUT2D eigenvalue weighted by Crippen LogP contribution is -2.48. The molecule has 2 aromatic carbocycles. The molecule has 3 aromatic rings. The minimum Gasteiger partial charge on any atom is -0.488 e. The maximum absolute atomic E-state index is 13.0. The summed E-state index contributed by atoms with van der Waals surface area (Å²) in [6, 6.07) is 13.3. The highest BCUT2D eigenvalue weighted by Crippen LogP contribution is 2.30. The third-order valence-corrected chi connectivity index (χ3v) is 6.94. The number of benzene rings is 2. The summed E-state index contributed by atoms with van der Waals surface area (Å²) in [6.07, 6.45) is -4.34. The Balaban J connectivity index is 1.30. The standard InChI is InChI=1S/C26H27F3N2O2S/c1-18-5-3-6-19(2)24(18)33-16-21-14-23(34-17-21)25(32)31-11-9-30(10-12-31)15-20-7-4-8-22(13-20)26(27,28)29/h3-8,13-14,17H,9-12,15-16H2,1-2H3. The van der Waals surface area contributed by atoms with E-state index in [2.05, 4.69) is 4.90 Å². The summed E-state index contributed by atoms with van der Waals surface area (Å²) in [6.45, 7) is 7.19. The van der Waals surface area contributed by atoms with Gasteiger partial charge in [-0.25, -0.2) is 0 Å². The van der Waals surface area contributed by atoms with E-state index in [1.165, 1.54) is 23.5 Å². The van der Waals surface area contributed by atoms with Gasteiger partial charge in [-0.3, -0.25) is 9.69 Å². The number of carbonyl (C=O) groups is 1. The van der Waals surface area contributed by atoms with Crippen LogP contribution in [0.15, 0.2) is 53.9 Å². The molecule has 8 heteroatoms. The van der Waals surface area contributed by atoms with Gasteiger partial charge >= 0.3 is 6.18 Å². The van der Waals surface area contributed by atoms with E-state index in [0.29, 0.717) is 49.8 Å². The van der Waals surface area contributed by atoms with Crippen molar-refractivity contribution in [3.63, 3.8) is 0 Å². The van der Waals surface area contributed by atoms with Crippen molar-refractivity contribution in [2.24, 2.45) is 0 Å². The summed E-state index contributed by atoms with van der Waals surface area (Å²) in [5, 5.41) is 1.95. The first-order valence-corrected chi connectivity index (χ1v) is 12.0. The Hall–Kier alpha value is -2.84. The molecule has 1 saturated heterocycles. The van der Waals surface area contributed by atoms with Crippen molar-refractivity contribution in [2.45, 2.75) is 33.2 Å². The average molecular weight is 489 g/mol. The highest BCUT2D eigenvalue weighted by Gasteiger charge is 2.30. The van der Waals surface area contributed by atoms with Crippen molar-refractivity contribution >= 4 is 17.2 Å². The van der Waals surface area contributed by atoms with Gasteiger partial charge in [-0.15, -0.1) is 11.3 Å². The Morgan fingerprint density at radius 2 is 1.65 bits per heavy atom. The van der Waals surface area contributed by atoms with Crippen LogP contribution in [0.3, 0.4) is 0 Å². The number of rotatable bonds is 6. The molecule has 0 bridgehead atoms. The topological polar surface area (TPSA) is 32.8 Å². The summed E-state index contributed by atoms with van der Waals surface area (Å²) in [5.41, 5.74) is 3.11. The second kappa shape index (κ2) is 10.2. The van der Waals surface area contributed by atoms with Crippen LogP contribution in [-0.2, 0) is 19.3 Å². The molecule has 4 nitrogen and oxygen atoms in total. The van der Waals surface area contributed by atoms with Crippen LogP contribution < -0.4 is 4.74 Å². The van der Waals surface area contributed by atoms with E-state index in [1.54, 1.807) is 6.07 Å². The Labute approximate surface area is 201 Å². The van der Waals surface area contributed by atoms with Gasteiger partial charge in [0.15, 0.2) is 0 Å². The fourth-order valence-corrected chi connectivity index (χ4v) is 4.98. The normalized spacial score (nSPS) is 14.9. The summed E-state index contributed by atoms with van der Waals surface area (Å²) in [5.74, 6) is 0.862. The number of aryl methyl sites for hydroxylation is 2. The Bertz CT molecular complexity index is 1130. The number of alkyl halides is 3. The molecule has 1 aromatic heterocycles. The van der Waals surface area contributed by atoms with E-state index >= 15 is 0 Å². The highest BCUT2D eigenvalue weighted by atomic mass is 32.1. The fraction of sp³-hybridized carbons (Fsp3) is 0.346. The Morgan fingerprint density at radius 3 is 2.32 bits per heavy atom. The third kappa shape index (κ3) is 5.80. The van der Waals surface area contributed by atoms with Crippen molar-refractivity contribution in [3.05, 3.63) is 86.6 Å². The lowest BCUT2D eigenvalue weighted by Gasteiger charge is -2.34. The second-order valence-corrected chi connectivity index (χ2v) is 9.51. The molecule has 34 heavy (non-hydrogen) atoms. The lowest BCUT2D eigenvalue weighted by atomic mass is 10.1. The van der Waals surface area contributed by atoms with Crippen LogP contribution in [0.25, 0.3) is 0 Å². The van der Waals surface area contributed by atoms with Crippen LogP contribution in [0, 0.1) is 13.8 Å². The number of hydrogen-bond acceptors (Lipinski definition) is 4. The fourth-order valence-electron chi connectivity index (χ4n) is 4.11. The molecule has 0 unspecified atom stereocenters. The van der Waals surface area contributed by atoms with Crippen molar-refractivity contribution in [3.8, 4) is 5.75 Å². The minimum atomic E-state index is -4.34. The number of halogens is 3. The molecule has 0 atom stereocenters. The molecule has 1 aliphatic rings.